The van der Waals surface area contributed by atoms with Crippen molar-refractivity contribution in [2.24, 2.45) is 11.7 Å². The third-order valence-electron chi connectivity index (χ3n) is 4.93. The molecular weight excluding hydrogens is 238 g/mol. The van der Waals surface area contributed by atoms with Crippen molar-refractivity contribution in [3.8, 4) is 0 Å². The summed E-state index contributed by atoms with van der Waals surface area (Å²) in [6.45, 7) is 7.64. The summed E-state index contributed by atoms with van der Waals surface area (Å²) in [5.74, 6) is 0.921. The van der Waals surface area contributed by atoms with Crippen LogP contribution in [0.3, 0.4) is 0 Å². The van der Waals surface area contributed by atoms with Crippen molar-refractivity contribution >= 4 is 5.91 Å². The van der Waals surface area contributed by atoms with Crippen molar-refractivity contribution in [2.75, 3.05) is 26.2 Å². The predicted molar refractivity (Wildman–Crippen MR) is 77.8 cm³/mol. The SMILES string of the molecule is CC1CCCN(CC(=O)N2CCCCC2C)C1CN. The molecule has 2 aliphatic rings. The van der Waals surface area contributed by atoms with E-state index in [1.54, 1.807) is 0 Å². The van der Waals surface area contributed by atoms with Gasteiger partial charge in [-0.05, 0) is 51.5 Å². The molecule has 3 atom stereocenters. The zero-order chi connectivity index (χ0) is 13.8. The molecule has 0 spiro atoms. The van der Waals surface area contributed by atoms with Gasteiger partial charge >= 0.3 is 0 Å². The average molecular weight is 267 g/mol. The van der Waals surface area contributed by atoms with Crippen LogP contribution in [0.2, 0.25) is 0 Å². The first-order valence-corrected chi connectivity index (χ1v) is 7.87. The minimum absolute atomic E-state index is 0.305. The highest BCUT2D eigenvalue weighted by Gasteiger charge is 2.31. The number of rotatable bonds is 3. The smallest absolute Gasteiger partial charge is 0.236 e. The molecule has 0 saturated carbocycles. The Morgan fingerprint density at radius 1 is 1.16 bits per heavy atom. The van der Waals surface area contributed by atoms with Crippen LogP contribution >= 0.6 is 0 Å². The molecule has 4 heteroatoms. The van der Waals surface area contributed by atoms with Crippen molar-refractivity contribution < 1.29 is 4.79 Å². The molecule has 19 heavy (non-hydrogen) atoms. The molecule has 2 rings (SSSR count). The zero-order valence-corrected chi connectivity index (χ0v) is 12.5. The molecule has 0 aromatic rings. The average Bonchev–Trinajstić information content (AvgIpc) is 2.39. The summed E-state index contributed by atoms with van der Waals surface area (Å²) < 4.78 is 0. The molecule has 2 N–H and O–H groups in total. The summed E-state index contributed by atoms with van der Waals surface area (Å²) in [5.41, 5.74) is 5.90. The predicted octanol–water partition coefficient (Wildman–Crippen LogP) is 1.45. The van der Waals surface area contributed by atoms with Crippen LogP contribution in [0, 0.1) is 5.92 Å². The molecule has 3 unspecified atom stereocenters. The number of carbonyl (C=O) groups excluding carboxylic acids is 1. The molecule has 4 nitrogen and oxygen atoms in total. The summed E-state index contributed by atoms with van der Waals surface area (Å²) >= 11 is 0. The van der Waals surface area contributed by atoms with Gasteiger partial charge in [0.15, 0.2) is 0 Å². The third-order valence-corrected chi connectivity index (χ3v) is 4.93. The maximum atomic E-state index is 12.5. The Labute approximate surface area is 117 Å². The first-order chi connectivity index (χ1) is 9.13. The van der Waals surface area contributed by atoms with Crippen LogP contribution in [0.25, 0.3) is 0 Å². The summed E-state index contributed by atoms with van der Waals surface area (Å²) in [6, 6.07) is 0.803. The lowest BCUT2D eigenvalue weighted by molar-refractivity contribution is -0.136. The van der Waals surface area contributed by atoms with E-state index >= 15 is 0 Å². The first-order valence-electron chi connectivity index (χ1n) is 7.87. The quantitative estimate of drug-likeness (QED) is 0.842. The van der Waals surface area contributed by atoms with E-state index < -0.39 is 0 Å². The van der Waals surface area contributed by atoms with Crippen LogP contribution in [0.4, 0.5) is 0 Å². The highest BCUT2D eigenvalue weighted by atomic mass is 16.2. The van der Waals surface area contributed by atoms with E-state index in [0.717, 1.165) is 25.9 Å². The van der Waals surface area contributed by atoms with Crippen LogP contribution in [-0.4, -0.2) is 54.0 Å². The molecule has 0 aromatic heterocycles. The van der Waals surface area contributed by atoms with E-state index in [4.69, 9.17) is 5.73 Å². The number of hydrogen-bond acceptors (Lipinski definition) is 3. The minimum atomic E-state index is 0.305. The molecule has 2 fully saturated rings. The highest BCUT2D eigenvalue weighted by Crippen LogP contribution is 2.23. The Hall–Kier alpha value is -0.610. The van der Waals surface area contributed by atoms with Gasteiger partial charge in [-0.2, -0.15) is 0 Å². The Bertz CT molecular complexity index is 308. The van der Waals surface area contributed by atoms with Gasteiger partial charge in [0.25, 0.3) is 0 Å². The number of hydrogen-bond donors (Lipinski definition) is 1. The molecule has 2 aliphatic heterocycles. The van der Waals surface area contributed by atoms with Gasteiger partial charge in [-0.1, -0.05) is 6.92 Å². The summed E-state index contributed by atoms with van der Waals surface area (Å²) in [7, 11) is 0. The van der Waals surface area contributed by atoms with Gasteiger partial charge < -0.3 is 10.6 Å². The Morgan fingerprint density at radius 2 is 1.95 bits per heavy atom. The van der Waals surface area contributed by atoms with Gasteiger partial charge in [0, 0.05) is 25.2 Å². The van der Waals surface area contributed by atoms with E-state index in [1.807, 2.05) is 0 Å². The molecule has 1 amide bonds. The van der Waals surface area contributed by atoms with E-state index in [2.05, 4.69) is 23.6 Å². The van der Waals surface area contributed by atoms with Gasteiger partial charge in [0.05, 0.1) is 6.54 Å². The second-order valence-corrected chi connectivity index (χ2v) is 6.32. The molecular formula is C15H29N3O. The van der Waals surface area contributed by atoms with Crippen molar-refractivity contribution in [2.45, 2.75) is 58.0 Å². The largest absolute Gasteiger partial charge is 0.339 e. The standard InChI is InChI=1S/C15H29N3O/c1-12-6-5-8-17(14(12)10-16)11-15(19)18-9-4-3-7-13(18)2/h12-14H,3-11,16H2,1-2H3. The Kier molecular flexibility index (Phi) is 5.22. The van der Waals surface area contributed by atoms with Crippen molar-refractivity contribution in [1.29, 1.82) is 0 Å². The monoisotopic (exact) mass is 267 g/mol. The Balaban J connectivity index is 1.93. The van der Waals surface area contributed by atoms with E-state index in [-0.39, 0.29) is 0 Å². The summed E-state index contributed by atoms with van der Waals surface area (Å²) in [4.78, 5) is 16.9. The second-order valence-electron chi connectivity index (χ2n) is 6.32. The number of piperidine rings is 2. The van der Waals surface area contributed by atoms with Crippen molar-refractivity contribution in [1.82, 2.24) is 9.80 Å². The van der Waals surface area contributed by atoms with Crippen LogP contribution in [-0.2, 0) is 4.79 Å². The fourth-order valence-electron chi connectivity index (χ4n) is 3.65. The van der Waals surface area contributed by atoms with Gasteiger partial charge in [0.1, 0.15) is 0 Å². The van der Waals surface area contributed by atoms with Crippen molar-refractivity contribution in [3.05, 3.63) is 0 Å². The fraction of sp³-hybridized carbons (Fsp3) is 0.933. The number of nitrogens with two attached hydrogens (primary N) is 1. The second kappa shape index (κ2) is 6.71. The molecule has 0 radical (unpaired) electrons. The molecule has 0 bridgehead atoms. The number of carbonyl (C=O) groups is 1. The molecule has 0 aromatic carbocycles. The van der Waals surface area contributed by atoms with Gasteiger partial charge in [-0.3, -0.25) is 9.69 Å². The summed E-state index contributed by atoms with van der Waals surface area (Å²) in [6.07, 6.45) is 6.01. The van der Waals surface area contributed by atoms with Gasteiger partial charge in [0.2, 0.25) is 5.91 Å². The lowest BCUT2D eigenvalue weighted by Gasteiger charge is -2.41. The fourth-order valence-corrected chi connectivity index (χ4v) is 3.65. The van der Waals surface area contributed by atoms with Crippen molar-refractivity contribution in [3.63, 3.8) is 0 Å². The lowest BCUT2D eigenvalue weighted by Crippen LogP contribution is -2.54. The maximum absolute atomic E-state index is 12.5. The van der Waals surface area contributed by atoms with Crippen LogP contribution in [0.5, 0.6) is 0 Å². The minimum Gasteiger partial charge on any atom is -0.339 e. The van der Waals surface area contributed by atoms with Crippen LogP contribution < -0.4 is 5.73 Å². The normalized spacial score (nSPS) is 33.4. The van der Waals surface area contributed by atoms with E-state index in [1.165, 1.54) is 19.3 Å². The third kappa shape index (κ3) is 3.48. The first kappa shape index (κ1) is 14.8. The molecule has 2 saturated heterocycles. The molecule has 110 valence electrons. The van der Waals surface area contributed by atoms with E-state index in [9.17, 15) is 4.79 Å². The summed E-state index contributed by atoms with van der Waals surface area (Å²) in [5, 5.41) is 0. The van der Waals surface area contributed by atoms with E-state index in [0.29, 0.717) is 37.0 Å². The number of amides is 1. The zero-order valence-electron chi connectivity index (χ0n) is 12.5. The van der Waals surface area contributed by atoms with Gasteiger partial charge in [-0.25, -0.2) is 0 Å². The molecule has 0 aliphatic carbocycles. The molecule has 2 heterocycles. The Morgan fingerprint density at radius 3 is 2.63 bits per heavy atom. The van der Waals surface area contributed by atoms with Crippen LogP contribution in [0.15, 0.2) is 0 Å². The highest BCUT2D eigenvalue weighted by molar-refractivity contribution is 5.78. The topological polar surface area (TPSA) is 49.6 Å². The maximum Gasteiger partial charge on any atom is 0.236 e. The number of nitrogens with zero attached hydrogens (tertiary/aromatic N) is 2. The number of likely N-dealkylation sites (tertiary alicyclic amines) is 2. The van der Waals surface area contributed by atoms with Crippen LogP contribution in [0.1, 0.15) is 46.0 Å². The van der Waals surface area contributed by atoms with Gasteiger partial charge in [-0.15, -0.1) is 0 Å². The lowest BCUT2D eigenvalue weighted by atomic mass is 9.90.